The van der Waals surface area contributed by atoms with Crippen molar-refractivity contribution in [3.8, 4) is 11.5 Å². The van der Waals surface area contributed by atoms with E-state index in [0.29, 0.717) is 19.7 Å². The number of benzene rings is 1. The van der Waals surface area contributed by atoms with Gasteiger partial charge >= 0.3 is 0 Å². The van der Waals surface area contributed by atoms with Gasteiger partial charge < -0.3 is 20.1 Å². The fourth-order valence-electron chi connectivity index (χ4n) is 2.13. The number of nitrogens with one attached hydrogen (secondary N) is 2. The standard InChI is InChI=1S/C18H26N4O2S.HI/c1-4-19-18(20-10-9-17-22-13-14(2)25-17)21-11-12-24-16-7-5-15(23-3)6-8-16;/h5-8,13H,4,9-12H2,1-3H3,(H2,19,20,21);1H. The number of aryl methyl sites for hydroxylation is 1. The molecule has 0 saturated carbocycles. The molecule has 2 rings (SSSR count). The van der Waals surface area contributed by atoms with E-state index in [0.717, 1.165) is 35.4 Å². The van der Waals surface area contributed by atoms with E-state index in [1.54, 1.807) is 18.4 Å². The Morgan fingerprint density at radius 2 is 1.92 bits per heavy atom. The Kier molecular flexibility index (Phi) is 11.0. The van der Waals surface area contributed by atoms with Crippen LogP contribution in [0.25, 0.3) is 0 Å². The Balaban J connectivity index is 0.00000338. The maximum atomic E-state index is 5.70. The van der Waals surface area contributed by atoms with Crippen molar-refractivity contribution in [1.29, 1.82) is 0 Å². The number of nitrogens with zero attached hydrogens (tertiary/aromatic N) is 2. The molecule has 0 fully saturated rings. The first-order valence-electron chi connectivity index (χ1n) is 8.41. The molecular weight excluding hydrogens is 463 g/mol. The van der Waals surface area contributed by atoms with Crippen molar-refractivity contribution in [1.82, 2.24) is 15.6 Å². The molecule has 6 nitrogen and oxygen atoms in total. The van der Waals surface area contributed by atoms with Crippen LogP contribution in [0.2, 0.25) is 0 Å². The molecule has 0 unspecified atom stereocenters. The molecule has 0 aliphatic carbocycles. The normalized spacial score (nSPS) is 10.8. The Bertz CT molecular complexity index is 661. The minimum Gasteiger partial charge on any atom is -0.497 e. The van der Waals surface area contributed by atoms with Gasteiger partial charge in [0.2, 0.25) is 0 Å². The molecule has 2 N–H and O–H groups in total. The Labute approximate surface area is 176 Å². The van der Waals surface area contributed by atoms with Crippen LogP contribution in [0, 0.1) is 6.92 Å². The number of ether oxygens (including phenoxy) is 2. The third kappa shape index (κ3) is 8.22. The van der Waals surface area contributed by atoms with Crippen molar-refractivity contribution in [2.75, 3.05) is 33.4 Å². The van der Waals surface area contributed by atoms with Gasteiger partial charge in [-0.1, -0.05) is 0 Å². The van der Waals surface area contributed by atoms with E-state index in [1.807, 2.05) is 30.5 Å². The van der Waals surface area contributed by atoms with Gasteiger partial charge in [-0.15, -0.1) is 35.3 Å². The summed E-state index contributed by atoms with van der Waals surface area (Å²) in [7, 11) is 1.65. The minimum absolute atomic E-state index is 0. The van der Waals surface area contributed by atoms with Crippen molar-refractivity contribution in [3.63, 3.8) is 0 Å². The molecule has 1 aromatic heterocycles. The van der Waals surface area contributed by atoms with E-state index < -0.39 is 0 Å². The Morgan fingerprint density at radius 1 is 1.19 bits per heavy atom. The summed E-state index contributed by atoms with van der Waals surface area (Å²) in [5.74, 6) is 2.44. The van der Waals surface area contributed by atoms with Crippen molar-refractivity contribution >= 4 is 41.3 Å². The second-order valence-electron chi connectivity index (χ2n) is 5.33. The van der Waals surface area contributed by atoms with E-state index in [-0.39, 0.29) is 24.0 Å². The minimum atomic E-state index is 0. The van der Waals surface area contributed by atoms with Crippen LogP contribution < -0.4 is 20.1 Å². The summed E-state index contributed by atoms with van der Waals surface area (Å²) < 4.78 is 10.8. The highest BCUT2D eigenvalue weighted by Gasteiger charge is 2.00. The van der Waals surface area contributed by atoms with Crippen molar-refractivity contribution in [2.24, 2.45) is 4.99 Å². The highest BCUT2D eigenvalue weighted by Crippen LogP contribution is 2.16. The van der Waals surface area contributed by atoms with Gasteiger partial charge in [-0.25, -0.2) is 4.98 Å². The number of guanidine groups is 1. The molecule has 0 spiro atoms. The molecular formula is C18H27IN4O2S. The number of methoxy groups -OCH3 is 1. The number of hydrogen-bond acceptors (Lipinski definition) is 5. The zero-order valence-electron chi connectivity index (χ0n) is 15.4. The van der Waals surface area contributed by atoms with Crippen molar-refractivity contribution in [2.45, 2.75) is 20.3 Å². The van der Waals surface area contributed by atoms with Crippen molar-refractivity contribution in [3.05, 3.63) is 40.3 Å². The molecule has 0 aliphatic rings. The maximum Gasteiger partial charge on any atom is 0.191 e. The molecule has 0 aliphatic heterocycles. The van der Waals surface area contributed by atoms with Gasteiger partial charge in [0.15, 0.2) is 5.96 Å². The summed E-state index contributed by atoms with van der Waals surface area (Å²) in [6.45, 7) is 6.88. The number of aliphatic imine (C=N–C) groups is 1. The highest BCUT2D eigenvalue weighted by atomic mass is 127. The molecule has 0 bridgehead atoms. The first-order valence-corrected chi connectivity index (χ1v) is 9.23. The third-order valence-corrected chi connectivity index (χ3v) is 4.30. The summed E-state index contributed by atoms with van der Waals surface area (Å²) in [4.78, 5) is 10.2. The molecule has 0 radical (unpaired) electrons. The van der Waals surface area contributed by atoms with Crippen LogP contribution in [0.1, 0.15) is 16.8 Å². The fourth-order valence-corrected chi connectivity index (χ4v) is 2.91. The zero-order valence-corrected chi connectivity index (χ0v) is 18.6. The smallest absolute Gasteiger partial charge is 0.191 e. The predicted molar refractivity (Wildman–Crippen MR) is 118 cm³/mol. The van der Waals surface area contributed by atoms with Gasteiger partial charge in [0.25, 0.3) is 0 Å². The maximum absolute atomic E-state index is 5.70. The average Bonchev–Trinajstić information content (AvgIpc) is 3.04. The lowest BCUT2D eigenvalue weighted by Crippen LogP contribution is -2.39. The largest absolute Gasteiger partial charge is 0.497 e. The third-order valence-electron chi connectivity index (χ3n) is 3.33. The molecule has 0 amide bonds. The van der Waals surface area contributed by atoms with Gasteiger partial charge in [0.05, 0.1) is 18.7 Å². The molecule has 26 heavy (non-hydrogen) atoms. The van der Waals surface area contributed by atoms with Gasteiger partial charge in [-0.2, -0.15) is 0 Å². The van der Waals surface area contributed by atoms with Crippen LogP contribution in [-0.2, 0) is 6.42 Å². The second kappa shape index (κ2) is 12.7. The van der Waals surface area contributed by atoms with Crippen LogP contribution in [0.4, 0.5) is 0 Å². The lowest BCUT2D eigenvalue weighted by atomic mass is 10.3. The molecule has 8 heteroatoms. The summed E-state index contributed by atoms with van der Waals surface area (Å²) in [5.41, 5.74) is 0. The van der Waals surface area contributed by atoms with Crippen LogP contribution in [0.15, 0.2) is 35.5 Å². The van der Waals surface area contributed by atoms with E-state index in [2.05, 4.69) is 34.5 Å². The van der Waals surface area contributed by atoms with E-state index in [1.165, 1.54) is 4.88 Å². The average molecular weight is 490 g/mol. The van der Waals surface area contributed by atoms with Crippen LogP contribution >= 0.6 is 35.3 Å². The second-order valence-corrected chi connectivity index (χ2v) is 6.65. The van der Waals surface area contributed by atoms with E-state index in [4.69, 9.17) is 9.47 Å². The number of rotatable bonds is 9. The fraction of sp³-hybridized carbons (Fsp3) is 0.444. The van der Waals surface area contributed by atoms with Gasteiger partial charge in [0.1, 0.15) is 18.1 Å². The first kappa shape index (κ1) is 22.5. The lowest BCUT2D eigenvalue weighted by Gasteiger charge is -2.12. The van der Waals surface area contributed by atoms with Crippen LogP contribution in [-0.4, -0.2) is 44.3 Å². The van der Waals surface area contributed by atoms with Gasteiger partial charge in [-0.3, -0.25) is 4.99 Å². The molecule has 0 saturated heterocycles. The number of thiazole rings is 1. The van der Waals surface area contributed by atoms with Gasteiger partial charge in [-0.05, 0) is 38.1 Å². The molecule has 1 heterocycles. The monoisotopic (exact) mass is 490 g/mol. The summed E-state index contributed by atoms with van der Waals surface area (Å²) >= 11 is 1.72. The quantitative estimate of drug-likeness (QED) is 0.245. The van der Waals surface area contributed by atoms with Crippen molar-refractivity contribution < 1.29 is 9.47 Å². The number of hydrogen-bond donors (Lipinski definition) is 2. The number of halogens is 1. The first-order chi connectivity index (χ1) is 12.2. The Hall–Kier alpha value is -1.55. The van der Waals surface area contributed by atoms with Gasteiger partial charge in [0, 0.05) is 30.6 Å². The summed E-state index contributed by atoms with van der Waals surface area (Å²) in [5, 5.41) is 7.64. The van der Waals surface area contributed by atoms with E-state index in [9.17, 15) is 0 Å². The van der Waals surface area contributed by atoms with Crippen LogP contribution in [0.5, 0.6) is 11.5 Å². The van der Waals surface area contributed by atoms with E-state index >= 15 is 0 Å². The molecule has 2 aromatic rings. The predicted octanol–water partition coefficient (Wildman–Crippen LogP) is 3.25. The lowest BCUT2D eigenvalue weighted by molar-refractivity contribution is 0.321. The Morgan fingerprint density at radius 3 is 2.54 bits per heavy atom. The molecule has 144 valence electrons. The van der Waals surface area contributed by atoms with Crippen LogP contribution in [0.3, 0.4) is 0 Å². The molecule has 0 atom stereocenters. The molecule has 1 aromatic carbocycles. The number of aromatic nitrogens is 1. The summed E-state index contributed by atoms with van der Waals surface area (Å²) in [6, 6.07) is 7.56. The zero-order chi connectivity index (χ0) is 17.9. The SMILES string of the molecule is CCNC(=NCCc1ncc(C)s1)NCCOc1ccc(OC)cc1.I. The highest BCUT2D eigenvalue weighted by molar-refractivity contribution is 14.0. The topological polar surface area (TPSA) is 67.8 Å². The summed E-state index contributed by atoms with van der Waals surface area (Å²) in [6.07, 6.45) is 2.76.